The molecule has 1 heterocycles. The van der Waals surface area contributed by atoms with Gasteiger partial charge < -0.3 is 20.1 Å². The van der Waals surface area contributed by atoms with Crippen molar-refractivity contribution in [2.45, 2.75) is 19.6 Å². The number of alkyl halides is 2. The third kappa shape index (κ3) is 3.92. The molecule has 0 saturated carbocycles. The first-order valence-electron chi connectivity index (χ1n) is 7.46. The summed E-state index contributed by atoms with van der Waals surface area (Å²) < 4.78 is 28.8. The van der Waals surface area contributed by atoms with Gasteiger partial charge in [0.2, 0.25) is 0 Å². The van der Waals surface area contributed by atoms with Crippen molar-refractivity contribution in [1.29, 1.82) is 0 Å². The third-order valence-electron chi connectivity index (χ3n) is 3.48. The Balaban J connectivity index is 1.79. The monoisotopic (exact) mass is 347 g/mol. The number of hydrogen-bond donors (Lipinski definition) is 3. The van der Waals surface area contributed by atoms with Crippen LogP contribution in [0.15, 0.2) is 42.5 Å². The number of aliphatic hydroxyl groups is 1. The van der Waals surface area contributed by atoms with Crippen molar-refractivity contribution in [3.63, 3.8) is 0 Å². The number of H-pyrrole nitrogens is 1. The van der Waals surface area contributed by atoms with Crippen molar-refractivity contribution in [2.24, 2.45) is 0 Å². The fourth-order valence-corrected chi connectivity index (χ4v) is 2.32. The molecule has 3 N–H and O–H groups in total. The zero-order chi connectivity index (χ0) is 18.0. The maximum absolute atomic E-state index is 12.3. The first-order chi connectivity index (χ1) is 11.9. The van der Waals surface area contributed by atoms with Crippen LogP contribution in [0.25, 0.3) is 11.0 Å². The van der Waals surface area contributed by atoms with Crippen molar-refractivity contribution < 1.29 is 23.4 Å². The molecule has 0 bridgehead atoms. The van der Waals surface area contributed by atoms with Gasteiger partial charge in [-0.05, 0) is 43.3 Å². The van der Waals surface area contributed by atoms with Crippen molar-refractivity contribution in [1.82, 2.24) is 9.97 Å². The van der Waals surface area contributed by atoms with E-state index in [2.05, 4.69) is 20.0 Å². The molecule has 1 amide bonds. The van der Waals surface area contributed by atoms with Gasteiger partial charge in [-0.25, -0.2) is 4.98 Å². The molecule has 1 atom stereocenters. The summed E-state index contributed by atoms with van der Waals surface area (Å²) in [6.07, 6.45) is -0.733. The molecule has 1 aromatic heterocycles. The molecule has 0 aliphatic heterocycles. The van der Waals surface area contributed by atoms with Crippen LogP contribution in [-0.4, -0.2) is 27.6 Å². The number of halogens is 2. The van der Waals surface area contributed by atoms with Crippen LogP contribution in [-0.2, 0) is 0 Å². The van der Waals surface area contributed by atoms with Crippen molar-refractivity contribution >= 4 is 22.6 Å². The number of ether oxygens (including phenoxy) is 1. The van der Waals surface area contributed by atoms with Crippen LogP contribution in [0.3, 0.4) is 0 Å². The summed E-state index contributed by atoms with van der Waals surface area (Å²) in [5.41, 5.74) is 2.00. The number of amides is 1. The zero-order valence-corrected chi connectivity index (χ0v) is 13.2. The lowest BCUT2D eigenvalue weighted by molar-refractivity contribution is -0.0498. The second-order valence-electron chi connectivity index (χ2n) is 5.39. The molecule has 1 unspecified atom stereocenters. The Morgan fingerprint density at radius 1 is 1.28 bits per heavy atom. The van der Waals surface area contributed by atoms with Gasteiger partial charge in [-0.3, -0.25) is 4.79 Å². The van der Waals surface area contributed by atoms with Crippen LogP contribution in [0.4, 0.5) is 14.5 Å². The van der Waals surface area contributed by atoms with E-state index < -0.39 is 18.6 Å². The molecule has 2 aromatic carbocycles. The zero-order valence-electron chi connectivity index (χ0n) is 13.2. The third-order valence-corrected chi connectivity index (χ3v) is 3.48. The molecule has 8 heteroatoms. The predicted molar refractivity (Wildman–Crippen MR) is 87.8 cm³/mol. The largest absolute Gasteiger partial charge is 0.435 e. The number of aromatic nitrogens is 2. The summed E-state index contributed by atoms with van der Waals surface area (Å²) in [7, 11) is 0. The van der Waals surface area contributed by atoms with Gasteiger partial charge >= 0.3 is 6.61 Å². The van der Waals surface area contributed by atoms with Crippen molar-refractivity contribution in [3.05, 3.63) is 53.9 Å². The number of carbonyl (C=O) groups is 1. The first kappa shape index (κ1) is 16.8. The summed E-state index contributed by atoms with van der Waals surface area (Å²) in [5.74, 6) is -0.127. The van der Waals surface area contributed by atoms with E-state index in [1.54, 1.807) is 25.1 Å². The molecular weight excluding hydrogens is 332 g/mol. The maximum Gasteiger partial charge on any atom is 0.387 e. The van der Waals surface area contributed by atoms with Crippen LogP contribution in [0.1, 0.15) is 29.2 Å². The number of aromatic amines is 1. The Morgan fingerprint density at radius 2 is 2.08 bits per heavy atom. The van der Waals surface area contributed by atoms with Crippen LogP contribution >= 0.6 is 0 Å². The van der Waals surface area contributed by atoms with E-state index in [0.717, 1.165) is 0 Å². The number of nitrogens with one attached hydrogen (secondary N) is 2. The molecule has 0 fully saturated rings. The van der Waals surface area contributed by atoms with E-state index >= 15 is 0 Å². The number of rotatable bonds is 5. The van der Waals surface area contributed by atoms with Gasteiger partial charge in [0.1, 0.15) is 17.7 Å². The number of fused-ring (bicyclic) bond motifs is 1. The number of carbonyl (C=O) groups excluding carboxylic acids is 1. The van der Waals surface area contributed by atoms with Crippen LogP contribution < -0.4 is 10.1 Å². The van der Waals surface area contributed by atoms with Gasteiger partial charge in [0.05, 0.1) is 11.0 Å². The van der Waals surface area contributed by atoms with Gasteiger partial charge in [-0.15, -0.1) is 0 Å². The Labute approximate surface area is 141 Å². The number of anilines is 1. The van der Waals surface area contributed by atoms with Crippen molar-refractivity contribution in [3.8, 4) is 5.75 Å². The fraction of sp³-hybridized carbons (Fsp3) is 0.176. The molecule has 0 spiro atoms. The van der Waals surface area contributed by atoms with E-state index in [0.29, 0.717) is 22.5 Å². The maximum atomic E-state index is 12.3. The highest BCUT2D eigenvalue weighted by Gasteiger charge is 2.12. The minimum absolute atomic E-state index is 0.0896. The number of hydrogen-bond acceptors (Lipinski definition) is 4. The topological polar surface area (TPSA) is 87.2 Å². The molecule has 0 aliphatic carbocycles. The second-order valence-corrected chi connectivity index (χ2v) is 5.39. The van der Waals surface area contributed by atoms with Gasteiger partial charge in [-0.2, -0.15) is 8.78 Å². The standard InChI is InChI=1S/C17H15F2N3O3/c1-9(23)15-21-13-6-5-11(8-14(13)22-15)20-16(24)10-3-2-4-12(7-10)25-17(18)19/h2-9,17,23H,1H3,(H,20,24)(H,21,22). The molecule has 3 rings (SSSR count). The molecule has 130 valence electrons. The average molecular weight is 347 g/mol. The number of aliphatic hydroxyl groups excluding tert-OH is 1. The van der Waals surface area contributed by atoms with Crippen molar-refractivity contribution in [2.75, 3.05) is 5.32 Å². The van der Waals surface area contributed by atoms with Crippen LogP contribution in [0.5, 0.6) is 5.75 Å². The summed E-state index contributed by atoms with van der Waals surface area (Å²) in [5, 5.41) is 12.2. The van der Waals surface area contributed by atoms with E-state index in [1.165, 1.54) is 24.3 Å². The molecule has 0 aliphatic rings. The minimum atomic E-state index is -2.95. The smallest absolute Gasteiger partial charge is 0.387 e. The minimum Gasteiger partial charge on any atom is -0.435 e. The highest BCUT2D eigenvalue weighted by molar-refractivity contribution is 6.05. The Morgan fingerprint density at radius 3 is 2.80 bits per heavy atom. The number of imidazole rings is 1. The lowest BCUT2D eigenvalue weighted by atomic mass is 10.2. The highest BCUT2D eigenvalue weighted by Crippen LogP contribution is 2.21. The van der Waals surface area contributed by atoms with Crippen LogP contribution in [0, 0.1) is 0 Å². The van der Waals surface area contributed by atoms with E-state index in [9.17, 15) is 18.7 Å². The Bertz CT molecular complexity index is 909. The lowest BCUT2D eigenvalue weighted by Crippen LogP contribution is -2.12. The summed E-state index contributed by atoms with van der Waals surface area (Å²) in [4.78, 5) is 19.5. The first-order valence-corrected chi connectivity index (χ1v) is 7.46. The summed E-state index contributed by atoms with van der Waals surface area (Å²) in [6, 6.07) is 10.6. The Kier molecular flexibility index (Phi) is 4.62. The number of benzene rings is 2. The molecule has 25 heavy (non-hydrogen) atoms. The average Bonchev–Trinajstić information content (AvgIpc) is 2.98. The lowest BCUT2D eigenvalue weighted by Gasteiger charge is -2.08. The predicted octanol–water partition coefficient (Wildman–Crippen LogP) is 3.47. The quantitative estimate of drug-likeness (QED) is 0.659. The normalized spacial score (nSPS) is 12.4. The van der Waals surface area contributed by atoms with Gasteiger partial charge in [0.15, 0.2) is 0 Å². The second kappa shape index (κ2) is 6.86. The van der Waals surface area contributed by atoms with E-state index in [-0.39, 0.29) is 11.3 Å². The Hall–Kier alpha value is -3.00. The van der Waals surface area contributed by atoms with E-state index in [1.807, 2.05) is 0 Å². The SMILES string of the molecule is CC(O)c1nc2ccc(NC(=O)c3cccc(OC(F)F)c3)cc2[nH]1. The van der Waals surface area contributed by atoms with Gasteiger partial charge in [0, 0.05) is 11.3 Å². The van der Waals surface area contributed by atoms with Gasteiger partial charge in [0.25, 0.3) is 5.91 Å². The van der Waals surface area contributed by atoms with Gasteiger partial charge in [-0.1, -0.05) is 6.07 Å². The van der Waals surface area contributed by atoms with Crippen LogP contribution in [0.2, 0.25) is 0 Å². The van der Waals surface area contributed by atoms with E-state index in [4.69, 9.17) is 0 Å². The highest BCUT2D eigenvalue weighted by atomic mass is 19.3. The summed E-state index contributed by atoms with van der Waals surface area (Å²) in [6.45, 7) is -1.36. The molecular formula is C17H15F2N3O3. The molecule has 0 saturated heterocycles. The molecule has 6 nitrogen and oxygen atoms in total. The molecule has 3 aromatic rings. The fourth-order valence-electron chi connectivity index (χ4n) is 2.32. The number of nitrogens with zero attached hydrogens (tertiary/aromatic N) is 1. The molecule has 0 radical (unpaired) electrons. The summed E-state index contributed by atoms with van der Waals surface area (Å²) >= 11 is 0.